The Kier molecular flexibility index (Phi) is 6.31. The van der Waals surface area contributed by atoms with Crippen molar-refractivity contribution in [3.05, 3.63) is 59.7 Å². The summed E-state index contributed by atoms with van der Waals surface area (Å²) in [5.41, 5.74) is 4.07. The Morgan fingerprint density at radius 1 is 1.06 bits per heavy atom. The lowest BCUT2D eigenvalue weighted by atomic mass is 9.98. The van der Waals surface area contributed by atoms with Crippen molar-refractivity contribution >= 4 is 18.0 Å². The summed E-state index contributed by atoms with van der Waals surface area (Å²) in [7, 11) is 0. The smallest absolute Gasteiger partial charge is 0.407 e. The molecule has 7 nitrogen and oxygen atoms in total. The minimum absolute atomic E-state index is 0.0359. The Balaban J connectivity index is 1.33. The molecule has 0 spiro atoms. The topological polar surface area (TPSA) is 95.9 Å². The molecule has 174 valence electrons. The van der Waals surface area contributed by atoms with Crippen molar-refractivity contribution in [2.75, 3.05) is 26.2 Å². The number of nitrogens with zero attached hydrogens (tertiary/aromatic N) is 1. The van der Waals surface area contributed by atoms with Crippen LogP contribution in [0.25, 0.3) is 11.1 Å². The van der Waals surface area contributed by atoms with E-state index in [1.54, 1.807) is 0 Å². The molecule has 1 atom stereocenters. The van der Waals surface area contributed by atoms with E-state index in [1.807, 2.05) is 53.8 Å². The van der Waals surface area contributed by atoms with E-state index in [1.165, 1.54) is 0 Å². The Bertz CT molecular complexity index is 1030. The number of rotatable bonds is 6. The zero-order chi connectivity index (χ0) is 23.6. The summed E-state index contributed by atoms with van der Waals surface area (Å²) in [4.78, 5) is 36.3. The average molecular weight is 458 g/mol. The molecule has 9 heteroatoms. The number of hydrogen-bond acceptors (Lipinski definition) is 4. The SMILES string of the molecule is O=C(NCC(F)(F)C(=O)N1CCC[C@@H](C(=O)O)C1)OCC1c2ccccc2-c2ccccc21. The number of amides is 2. The maximum absolute atomic E-state index is 14.4. The first kappa shape index (κ1) is 22.7. The standard InChI is InChI=1S/C24H24F2N2O5/c25-24(26,22(31)28-11-5-6-15(12-28)21(29)30)14-27-23(32)33-13-20-18-9-3-1-7-16(18)17-8-2-4-10-19(17)20/h1-4,7-10,15,20H,5-6,11-14H2,(H,27,32)(H,29,30)/t15-/m1/s1. The molecule has 1 heterocycles. The van der Waals surface area contributed by atoms with E-state index in [0.717, 1.165) is 27.2 Å². The molecule has 2 amide bonds. The third-order valence-electron chi connectivity index (χ3n) is 6.17. The Morgan fingerprint density at radius 3 is 2.27 bits per heavy atom. The number of aliphatic carboxylic acids is 1. The van der Waals surface area contributed by atoms with Gasteiger partial charge in [-0.25, -0.2) is 4.79 Å². The lowest BCUT2D eigenvalue weighted by molar-refractivity contribution is -0.160. The molecule has 1 saturated heterocycles. The summed E-state index contributed by atoms with van der Waals surface area (Å²) in [6.45, 7) is -1.47. The minimum atomic E-state index is -3.87. The van der Waals surface area contributed by atoms with Crippen LogP contribution < -0.4 is 5.32 Å². The lowest BCUT2D eigenvalue weighted by Crippen LogP contribution is -2.53. The van der Waals surface area contributed by atoms with Crippen LogP contribution in [-0.2, 0) is 14.3 Å². The number of nitrogens with one attached hydrogen (secondary N) is 1. The van der Waals surface area contributed by atoms with Crippen molar-refractivity contribution in [2.45, 2.75) is 24.7 Å². The molecule has 4 rings (SSSR count). The van der Waals surface area contributed by atoms with Crippen molar-refractivity contribution in [3.8, 4) is 11.1 Å². The van der Waals surface area contributed by atoms with Crippen molar-refractivity contribution in [1.29, 1.82) is 0 Å². The summed E-state index contributed by atoms with van der Waals surface area (Å²) in [5.74, 6) is -7.56. The van der Waals surface area contributed by atoms with Gasteiger partial charge in [0.25, 0.3) is 5.91 Å². The Labute approximate surface area is 189 Å². The van der Waals surface area contributed by atoms with Crippen molar-refractivity contribution in [3.63, 3.8) is 0 Å². The number of carboxylic acid groups (broad SMARTS) is 1. The van der Waals surface area contributed by atoms with Gasteiger partial charge >= 0.3 is 18.0 Å². The monoisotopic (exact) mass is 458 g/mol. The normalized spacial score (nSPS) is 17.8. The van der Waals surface area contributed by atoms with Gasteiger partial charge in [-0.05, 0) is 35.1 Å². The number of piperidine rings is 1. The average Bonchev–Trinajstić information content (AvgIpc) is 3.15. The van der Waals surface area contributed by atoms with Gasteiger partial charge in [0.1, 0.15) is 6.61 Å². The first-order chi connectivity index (χ1) is 15.8. The van der Waals surface area contributed by atoms with Crippen molar-refractivity contribution < 1.29 is 33.0 Å². The molecule has 0 unspecified atom stereocenters. The molecule has 2 N–H and O–H groups in total. The number of alkyl halides is 2. The largest absolute Gasteiger partial charge is 0.481 e. The number of alkyl carbamates (subject to hydrolysis) is 1. The molecule has 0 saturated carbocycles. The van der Waals surface area contributed by atoms with Gasteiger partial charge in [-0.3, -0.25) is 9.59 Å². The molecule has 1 fully saturated rings. The number of halogens is 2. The maximum Gasteiger partial charge on any atom is 0.407 e. The highest BCUT2D eigenvalue weighted by atomic mass is 19.3. The molecular weight excluding hydrogens is 434 g/mol. The van der Waals surface area contributed by atoms with Gasteiger partial charge in [-0.2, -0.15) is 8.78 Å². The number of fused-ring (bicyclic) bond motifs is 3. The van der Waals surface area contributed by atoms with Crippen LogP contribution >= 0.6 is 0 Å². The van der Waals surface area contributed by atoms with Crippen LogP contribution in [0.2, 0.25) is 0 Å². The van der Waals surface area contributed by atoms with Crippen LogP contribution in [0, 0.1) is 5.92 Å². The molecule has 0 radical (unpaired) electrons. The molecule has 2 aromatic carbocycles. The second-order valence-electron chi connectivity index (χ2n) is 8.31. The second kappa shape index (κ2) is 9.17. The van der Waals surface area contributed by atoms with Crippen LogP contribution in [0.15, 0.2) is 48.5 Å². The Morgan fingerprint density at radius 2 is 1.67 bits per heavy atom. The molecule has 1 aliphatic heterocycles. The van der Waals surface area contributed by atoms with Crippen LogP contribution in [-0.4, -0.2) is 60.1 Å². The second-order valence-corrected chi connectivity index (χ2v) is 8.31. The van der Waals surface area contributed by atoms with Gasteiger partial charge in [0.05, 0.1) is 12.5 Å². The fourth-order valence-corrected chi connectivity index (χ4v) is 4.50. The van der Waals surface area contributed by atoms with E-state index in [4.69, 9.17) is 9.84 Å². The van der Waals surface area contributed by atoms with E-state index in [0.29, 0.717) is 12.8 Å². The first-order valence-electron chi connectivity index (χ1n) is 10.8. The summed E-state index contributed by atoms with van der Waals surface area (Å²) in [6.07, 6.45) is -0.382. The number of ether oxygens (including phenoxy) is 1. The van der Waals surface area contributed by atoms with Crippen LogP contribution in [0.3, 0.4) is 0 Å². The highest BCUT2D eigenvalue weighted by Gasteiger charge is 2.44. The lowest BCUT2D eigenvalue weighted by Gasteiger charge is -2.33. The zero-order valence-corrected chi connectivity index (χ0v) is 17.8. The highest BCUT2D eigenvalue weighted by Crippen LogP contribution is 2.44. The highest BCUT2D eigenvalue weighted by molar-refractivity contribution is 5.85. The molecule has 33 heavy (non-hydrogen) atoms. The van der Waals surface area contributed by atoms with Crippen molar-refractivity contribution in [1.82, 2.24) is 10.2 Å². The minimum Gasteiger partial charge on any atom is -0.481 e. The van der Waals surface area contributed by atoms with E-state index >= 15 is 0 Å². The van der Waals surface area contributed by atoms with Gasteiger partial charge < -0.3 is 20.1 Å². The molecular formula is C24H24F2N2O5. The van der Waals surface area contributed by atoms with Gasteiger partial charge in [-0.1, -0.05) is 48.5 Å². The van der Waals surface area contributed by atoms with E-state index < -0.39 is 36.4 Å². The van der Waals surface area contributed by atoms with E-state index in [9.17, 15) is 23.2 Å². The zero-order valence-electron chi connectivity index (χ0n) is 17.8. The first-order valence-corrected chi connectivity index (χ1v) is 10.8. The number of benzene rings is 2. The molecule has 0 aromatic heterocycles. The van der Waals surface area contributed by atoms with Gasteiger partial charge in [0.15, 0.2) is 0 Å². The third kappa shape index (κ3) is 4.67. The van der Waals surface area contributed by atoms with Gasteiger partial charge in [0.2, 0.25) is 0 Å². The van der Waals surface area contributed by atoms with Crippen LogP contribution in [0.4, 0.5) is 13.6 Å². The third-order valence-corrected chi connectivity index (χ3v) is 6.17. The van der Waals surface area contributed by atoms with E-state index in [2.05, 4.69) is 0 Å². The number of likely N-dealkylation sites (tertiary alicyclic amines) is 1. The number of carbonyl (C=O) groups excluding carboxylic acids is 2. The predicted octanol–water partition coefficient (Wildman–Crippen LogP) is 3.48. The fourth-order valence-electron chi connectivity index (χ4n) is 4.50. The molecule has 2 aliphatic rings. The summed E-state index contributed by atoms with van der Waals surface area (Å²) in [6, 6.07) is 15.5. The summed E-state index contributed by atoms with van der Waals surface area (Å²) in [5, 5.41) is 11.1. The Hall–Kier alpha value is -3.49. The number of hydrogen-bond donors (Lipinski definition) is 2. The quantitative estimate of drug-likeness (QED) is 0.691. The number of carboxylic acids is 1. The predicted molar refractivity (Wildman–Crippen MR) is 115 cm³/mol. The molecule has 0 bridgehead atoms. The van der Waals surface area contributed by atoms with Crippen LogP contribution in [0.1, 0.15) is 29.9 Å². The fraction of sp³-hybridized carbons (Fsp3) is 0.375. The van der Waals surface area contributed by atoms with Gasteiger partial charge in [-0.15, -0.1) is 0 Å². The summed E-state index contributed by atoms with van der Waals surface area (Å²) >= 11 is 0. The van der Waals surface area contributed by atoms with Crippen LogP contribution in [0.5, 0.6) is 0 Å². The van der Waals surface area contributed by atoms with E-state index in [-0.39, 0.29) is 25.6 Å². The summed E-state index contributed by atoms with van der Waals surface area (Å²) < 4.78 is 34.1. The molecule has 1 aliphatic carbocycles. The maximum atomic E-state index is 14.4. The molecule has 2 aromatic rings. The van der Waals surface area contributed by atoms with Crippen molar-refractivity contribution in [2.24, 2.45) is 5.92 Å². The number of carbonyl (C=O) groups is 3. The van der Waals surface area contributed by atoms with Gasteiger partial charge in [0, 0.05) is 19.0 Å².